The van der Waals surface area contributed by atoms with Crippen LogP contribution in [0, 0.1) is 5.82 Å². The van der Waals surface area contributed by atoms with Crippen LogP contribution in [0.1, 0.15) is 48.6 Å². The van der Waals surface area contributed by atoms with E-state index in [0.29, 0.717) is 34.5 Å². The molecule has 8 heteroatoms. The maximum atomic E-state index is 13.9. The minimum atomic E-state index is -4.14. The van der Waals surface area contributed by atoms with Crippen LogP contribution in [0.2, 0.25) is 0 Å². The lowest BCUT2D eigenvalue weighted by molar-refractivity contribution is -0.139. The molecule has 0 fully saturated rings. The van der Waals surface area contributed by atoms with Crippen molar-refractivity contribution in [1.29, 1.82) is 0 Å². The Hall–Kier alpha value is -4.19. The third-order valence-corrected chi connectivity index (χ3v) is 7.97. The van der Waals surface area contributed by atoms with Crippen LogP contribution in [-0.4, -0.2) is 32.9 Å². The molecule has 41 heavy (non-hydrogen) atoms. The lowest BCUT2D eigenvalue weighted by Crippen LogP contribution is -2.10. The molecule has 1 aromatic heterocycles. The Kier molecular flexibility index (Phi) is 9.43. The van der Waals surface area contributed by atoms with E-state index in [4.69, 9.17) is 10.1 Å². The van der Waals surface area contributed by atoms with Crippen LogP contribution in [0.5, 0.6) is 0 Å². The number of rotatable bonds is 11. The first-order valence-corrected chi connectivity index (χ1v) is 15.1. The first-order valence-electron chi connectivity index (χ1n) is 13.2. The Balaban J connectivity index is 1.86. The summed E-state index contributed by atoms with van der Waals surface area (Å²) in [7, 11) is -4.14. The molecule has 0 aliphatic carbocycles. The van der Waals surface area contributed by atoms with Gasteiger partial charge in [0.1, 0.15) is 12.2 Å². The molecule has 2 N–H and O–H groups in total. The van der Waals surface area contributed by atoms with Crippen molar-refractivity contribution in [3.63, 3.8) is 0 Å². The maximum absolute atomic E-state index is 13.9. The fourth-order valence-corrected chi connectivity index (χ4v) is 5.76. The first-order chi connectivity index (χ1) is 19.5. The van der Waals surface area contributed by atoms with Crippen molar-refractivity contribution < 1.29 is 28.5 Å². The zero-order valence-electron chi connectivity index (χ0n) is 22.8. The van der Waals surface area contributed by atoms with Crippen molar-refractivity contribution in [2.75, 3.05) is 6.16 Å². The van der Waals surface area contributed by atoms with Gasteiger partial charge in [0.15, 0.2) is 5.78 Å². The summed E-state index contributed by atoms with van der Waals surface area (Å²) in [6.45, 7) is 3.92. The predicted molar refractivity (Wildman–Crippen MR) is 159 cm³/mol. The fourth-order valence-electron chi connectivity index (χ4n) is 4.66. The fraction of sp³-hybridized carbons (Fsp3) is 0.182. The molecule has 210 valence electrons. The number of nitrogens with zero attached hydrogens (tertiary/aromatic N) is 1. The molecule has 1 atom stereocenters. The third kappa shape index (κ3) is 7.94. The number of carbonyl (C=O) groups is 2. The van der Waals surface area contributed by atoms with Crippen LogP contribution >= 0.6 is 7.37 Å². The second kappa shape index (κ2) is 13.0. The number of halogens is 1. The van der Waals surface area contributed by atoms with Crippen LogP contribution in [0.25, 0.3) is 28.5 Å². The molecule has 0 saturated carbocycles. The van der Waals surface area contributed by atoms with Crippen molar-refractivity contribution in [3.05, 3.63) is 119 Å². The molecule has 0 spiro atoms. The van der Waals surface area contributed by atoms with E-state index in [1.54, 1.807) is 12.1 Å². The maximum Gasteiger partial charge on any atom is 0.310 e. The van der Waals surface area contributed by atoms with Gasteiger partial charge in [-0.25, -0.2) is 4.39 Å². The molecule has 0 amide bonds. The number of carboxylic acid groups (broad SMARTS) is 1. The summed E-state index contributed by atoms with van der Waals surface area (Å²) in [6.07, 6.45) is 0.559. The Morgan fingerprint density at radius 3 is 2.27 bits per heavy atom. The molecular weight excluding hydrogens is 540 g/mol. The largest absolute Gasteiger partial charge is 0.481 e. The number of hydrogen-bond donors (Lipinski definition) is 2. The van der Waals surface area contributed by atoms with Gasteiger partial charge in [0.05, 0.1) is 17.5 Å². The highest BCUT2D eigenvalue weighted by Gasteiger charge is 2.23. The lowest BCUT2D eigenvalue weighted by atomic mass is 9.91. The van der Waals surface area contributed by atoms with Gasteiger partial charge >= 0.3 is 5.97 Å². The topological polar surface area (TPSA) is 105 Å². The number of hydrogen-bond acceptors (Lipinski definition) is 4. The van der Waals surface area contributed by atoms with Crippen molar-refractivity contribution in [2.45, 2.75) is 32.6 Å². The van der Waals surface area contributed by atoms with E-state index in [0.717, 1.165) is 22.5 Å². The second-order valence-electron chi connectivity index (χ2n) is 10.2. The first kappa shape index (κ1) is 29.8. The zero-order valence-corrected chi connectivity index (χ0v) is 23.7. The van der Waals surface area contributed by atoms with Crippen LogP contribution < -0.4 is 0 Å². The number of pyridine rings is 1. The average molecular weight is 572 g/mol. The molecule has 0 radical (unpaired) electrons. The SMILES string of the molecule is CC(C)c1nc(-c2ccccc2Cc2ccccc2)cc(-c2ccc(F)cc2)c1C=CP(=O)(O)CC(=O)CC(=O)O. The summed E-state index contributed by atoms with van der Waals surface area (Å²) in [5.41, 5.74) is 6.46. The van der Waals surface area contributed by atoms with E-state index in [9.17, 15) is 23.4 Å². The van der Waals surface area contributed by atoms with E-state index >= 15 is 0 Å². The Labute approximate surface area is 238 Å². The summed E-state index contributed by atoms with van der Waals surface area (Å²) in [5, 5.41) is 8.84. The molecule has 0 bridgehead atoms. The second-order valence-corrected chi connectivity index (χ2v) is 12.3. The minimum Gasteiger partial charge on any atom is -0.481 e. The molecular formula is C33H31FNO5P. The minimum absolute atomic E-state index is 0.0956. The summed E-state index contributed by atoms with van der Waals surface area (Å²) < 4.78 is 26.7. The molecule has 3 aromatic carbocycles. The van der Waals surface area contributed by atoms with Gasteiger partial charge in [-0.15, -0.1) is 0 Å². The Morgan fingerprint density at radius 1 is 0.951 bits per heavy atom. The Bertz CT molecular complexity index is 1630. The summed E-state index contributed by atoms with van der Waals surface area (Å²) in [5.74, 6) is -1.62. The smallest absolute Gasteiger partial charge is 0.310 e. The van der Waals surface area contributed by atoms with Crippen LogP contribution in [0.3, 0.4) is 0 Å². The van der Waals surface area contributed by atoms with E-state index in [1.807, 2.05) is 56.3 Å². The number of Topliss-reactive ketones (excluding diaryl/α,β-unsaturated/α-hetero) is 1. The molecule has 0 aliphatic heterocycles. The van der Waals surface area contributed by atoms with Crippen LogP contribution in [0.4, 0.5) is 4.39 Å². The van der Waals surface area contributed by atoms with E-state index in [-0.39, 0.29) is 5.92 Å². The van der Waals surface area contributed by atoms with Gasteiger partial charge in [-0.3, -0.25) is 19.1 Å². The quantitative estimate of drug-likeness (QED) is 0.142. The van der Waals surface area contributed by atoms with Gasteiger partial charge in [-0.05, 0) is 58.9 Å². The number of carbonyl (C=O) groups excluding carboxylic acids is 1. The normalized spacial score (nSPS) is 12.9. The summed E-state index contributed by atoms with van der Waals surface area (Å²) in [6, 6.07) is 26.0. The van der Waals surface area contributed by atoms with Crippen molar-refractivity contribution in [1.82, 2.24) is 4.98 Å². The average Bonchev–Trinajstić information content (AvgIpc) is 2.92. The molecule has 0 saturated heterocycles. The lowest BCUT2D eigenvalue weighted by Gasteiger charge is -2.19. The molecule has 1 unspecified atom stereocenters. The molecule has 4 rings (SSSR count). The van der Waals surface area contributed by atoms with Gasteiger partial charge in [-0.2, -0.15) is 0 Å². The van der Waals surface area contributed by atoms with Crippen molar-refractivity contribution in [3.8, 4) is 22.4 Å². The van der Waals surface area contributed by atoms with Gasteiger partial charge in [0, 0.05) is 16.9 Å². The number of aromatic nitrogens is 1. The van der Waals surface area contributed by atoms with E-state index < -0.39 is 37.5 Å². The van der Waals surface area contributed by atoms with Gasteiger partial charge in [0.25, 0.3) is 0 Å². The highest BCUT2D eigenvalue weighted by molar-refractivity contribution is 7.62. The summed E-state index contributed by atoms with van der Waals surface area (Å²) in [4.78, 5) is 38.3. The zero-order chi connectivity index (χ0) is 29.6. The van der Waals surface area contributed by atoms with E-state index in [2.05, 4.69) is 18.2 Å². The van der Waals surface area contributed by atoms with Crippen LogP contribution in [-0.2, 0) is 20.6 Å². The van der Waals surface area contributed by atoms with Gasteiger partial charge in [-0.1, -0.05) is 80.6 Å². The van der Waals surface area contributed by atoms with Crippen molar-refractivity contribution >= 4 is 25.2 Å². The van der Waals surface area contributed by atoms with E-state index in [1.165, 1.54) is 18.2 Å². The Morgan fingerprint density at radius 2 is 1.61 bits per heavy atom. The standard InChI is InChI=1S/C33H31FNO5P/c1-22(2)33-29(16-17-41(39,40)21-27(36)19-32(37)38)30(24-12-14-26(34)15-13-24)20-31(35-33)28-11-7-6-10-25(28)18-23-8-4-3-5-9-23/h3-17,20,22H,18-19,21H2,1-2H3,(H,37,38)(H,39,40). The van der Waals surface area contributed by atoms with Crippen LogP contribution in [0.15, 0.2) is 90.7 Å². The monoisotopic (exact) mass is 571 g/mol. The number of ketones is 1. The highest BCUT2D eigenvalue weighted by Crippen LogP contribution is 2.44. The molecule has 4 aromatic rings. The van der Waals surface area contributed by atoms with Crippen molar-refractivity contribution in [2.24, 2.45) is 0 Å². The molecule has 0 aliphatic rings. The number of aliphatic carboxylic acids is 1. The summed E-state index contributed by atoms with van der Waals surface area (Å²) >= 11 is 0. The molecule has 1 heterocycles. The van der Waals surface area contributed by atoms with Gasteiger partial charge < -0.3 is 10.00 Å². The third-order valence-electron chi connectivity index (χ3n) is 6.55. The molecule has 6 nitrogen and oxygen atoms in total. The number of benzene rings is 3. The van der Waals surface area contributed by atoms with Gasteiger partial charge in [0.2, 0.25) is 7.37 Å². The highest BCUT2D eigenvalue weighted by atomic mass is 31.2. The number of carboxylic acids is 1. The predicted octanol–water partition coefficient (Wildman–Crippen LogP) is 7.55.